The summed E-state index contributed by atoms with van der Waals surface area (Å²) in [5, 5.41) is 6.80. The number of hydrogen-bond donors (Lipinski definition) is 2. The molecule has 0 atom stereocenters. The van der Waals surface area contributed by atoms with Gasteiger partial charge in [0, 0.05) is 26.1 Å². The van der Waals surface area contributed by atoms with Crippen molar-refractivity contribution in [2.24, 2.45) is 10.9 Å². The van der Waals surface area contributed by atoms with Gasteiger partial charge in [-0.15, -0.1) is 0 Å². The molecular weight excluding hydrogens is 312 g/mol. The third-order valence-corrected chi connectivity index (χ3v) is 4.61. The first-order valence-electron chi connectivity index (χ1n) is 9.66. The summed E-state index contributed by atoms with van der Waals surface area (Å²) in [5.41, 5.74) is 0. The van der Waals surface area contributed by atoms with Crippen LogP contribution in [0, 0.1) is 5.92 Å². The molecule has 0 saturated carbocycles. The van der Waals surface area contributed by atoms with E-state index in [4.69, 9.17) is 4.74 Å². The Bertz CT molecular complexity index is 484. The van der Waals surface area contributed by atoms with Crippen LogP contribution < -0.4 is 15.4 Å². The minimum atomic E-state index is 0.697. The first-order chi connectivity index (χ1) is 12.3. The predicted molar refractivity (Wildman–Crippen MR) is 105 cm³/mol. The van der Waals surface area contributed by atoms with Gasteiger partial charge in [-0.05, 0) is 64.4 Å². The van der Waals surface area contributed by atoms with Crippen LogP contribution in [0.1, 0.15) is 32.6 Å². The molecule has 2 rings (SSSR count). The zero-order valence-corrected chi connectivity index (χ0v) is 15.8. The SMILES string of the molecule is CCNC(=NCCCOc1ccccc1)NCCC1CCN(C)CC1. The number of piperidine rings is 1. The molecule has 1 heterocycles. The van der Waals surface area contributed by atoms with Crippen molar-refractivity contribution in [3.05, 3.63) is 30.3 Å². The molecule has 5 nitrogen and oxygen atoms in total. The zero-order valence-electron chi connectivity index (χ0n) is 15.8. The second-order valence-corrected chi connectivity index (χ2v) is 6.74. The Balaban J connectivity index is 1.60. The largest absolute Gasteiger partial charge is 0.494 e. The van der Waals surface area contributed by atoms with Crippen LogP contribution in [0.2, 0.25) is 0 Å². The molecule has 1 saturated heterocycles. The summed E-state index contributed by atoms with van der Waals surface area (Å²) in [6.07, 6.45) is 4.79. The predicted octanol–water partition coefficient (Wildman–Crippen LogP) is 2.74. The smallest absolute Gasteiger partial charge is 0.191 e. The van der Waals surface area contributed by atoms with Gasteiger partial charge in [0.05, 0.1) is 6.61 Å². The minimum absolute atomic E-state index is 0.697. The van der Waals surface area contributed by atoms with E-state index in [0.717, 1.165) is 43.7 Å². The summed E-state index contributed by atoms with van der Waals surface area (Å²) in [6, 6.07) is 9.95. The van der Waals surface area contributed by atoms with Crippen LogP contribution in [0.15, 0.2) is 35.3 Å². The van der Waals surface area contributed by atoms with E-state index in [1.165, 1.54) is 32.4 Å². The molecule has 0 unspecified atom stereocenters. The van der Waals surface area contributed by atoms with Gasteiger partial charge < -0.3 is 20.3 Å². The van der Waals surface area contributed by atoms with Crippen LogP contribution in [-0.2, 0) is 0 Å². The van der Waals surface area contributed by atoms with Gasteiger partial charge in [-0.1, -0.05) is 18.2 Å². The molecule has 0 bridgehead atoms. The minimum Gasteiger partial charge on any atom is -0.494 e. The topological polar surface area (TPSA) is 48.9 Å². The molecule has 0 radical (unpaired) electrons. The van der Waals surface area contributed by atoms with Crippen LogP contribution in [-0.4, -0.2) is 57.2 Å². The number of hydrogen-bond acceptors (Lipinski definition) is 3. The Labute approximate surface area is 152 Å². The average Bonchev–Trinajstić information content (AvgIpc) is 2.64. The van der Waals surface area contributed by atoms with Crippen molar-refractivity contribution in [1.29, 1.82) is 0 Å². The maximum absolute atomic E-state index is 5.70. The van der Waals surface area contributed by atoms with Crippen molar-refractivity contribution < 1.29 is 4.74 Å². The Morgan fingerprint density at radius 2 is 1.96 bits per heavy atom. The van der Waals surface area contributed by atoms with Gasteiger partial charge in [0.25, 0.3) is 0 Å². The van der Waals surface area contributed by atoms with Crippen LogP contribution in [0.3, 0.4) is 0 Å². The van der Waals surface area contributed by atoms with E-state index in [2.05, 4.69) is 34.5 Å². The van der Waals surface area contributed by atoms with Gasteiger partial charge >= 0.3 is 0 Å². The Kier molecular flexibility index (Phi) is 9.19. The summed E-state index contributed by atoms with van der Waals surface area (Å²) in [5.74, 6) is 2.70. The molecule has 1 aromatic rings. The molecule has 5 heteroatoms. The molecule has 1 aliphatic heterocycles. The number of ether oxygens (including phenoxy) is 1. The van der Waals surface area contributed by atoms with E-state index in [0.29, 0.717) is 6.61 Å². The maximum Gasteiger partial charge on any atom is 0.191 e. The normalized spacial score (nSPS) is 16.6. The Hall–Kier alpha value is -1.75. The number of nitrogens with zero attached hydrogens (tertiary/aromatic N) is 2. The summed E-state index contributed by atoms with van der Waals surface area (Å²) < 4.78 is 5.70. The molecule has 140 valence electrons. The molecule has 1 fully saturated rings. The zero-order chi connectivity index (χ0) is 17.7. The van der Waals surface area contributed by atoms with E-state index >= 15 is 0 Å². The fourth-order valence-electron chi connectivity index (χ4n) is 3.05. The third-order valence-electron chi connectivity index (χ3n) is 4.61. The van der Waals surface area contributed by atoms with Crippen LogP contribution in [0.5, 0.6) is 5.75 Å². The lowest BCUT2D eigenvalue weighted by Crippen LogP contribution is -2.39. The summed E-state index contributed by atoms with van der Waals surface area (Å²) in [6.45, 7) is 7.94. The fourth-order valence-corrected chi connectivity index (χ4v) is 3.05. The number of likely N-dealkylation sites (tertiary alicyclic amines) is 1. The van der Waals surface area contributed by atoms with Crippen LogP contribution >= 0.6 is 0 Å². The van der Waals surface area contributed by atoms with Crippen molar-refractivity contribution in [3.8, 4) is 5.75 Å². The molecule has 0 aliphatic carbocycles. The lowest BCUT2D eigenvalue weighted by atomic mass is 9.94. The molecule has 0 spiro atoms. The van der Waals surface area contributed by atoms with Crippen molar-refractivity contribution in [2.45, 2.75) is 32.6 Å². The number of rotatable bonds is 9. The average molecular weight is 347 g/mol. The molecule has 2 N–H and O–H groups in total. The Morgan fingerprint density at radius 1 is 1.20 bits per heavy atom. The lowest BCUT2D eigenvalue weighted by Gasteiger charge is -2.29. The summed E-state index contributed by atoms with van der Waals surface area (Å²) in [4.78, 5) is 7.07. The van der Waals surface area contributed by atoms with Crippen molar-refractivity contribution in [2.75, 3.05) is 46.4 Å². The first-order valence-corrected chi connectivity index (χ1v) is 9.66. The highest BCUT2D eigenvalue weighted by molar-refractivity contribution is 5.79. The van der Waals surface area contributed by atoms with E-state index in [1.807, 2.05) is 30.3 Å². The second-order valence-electron chi connectivity index (χ2n) is 6.74. The fraction of sp³-hybridized carbons (Fsp3) is 0.650. The van der Waals surface area contributed by atoms with Gasteiger partial charge in [0.2, 0.25) is 0 Å². The Morgan fingerprint density at radius 3 is 2.68 bits per heavy atom. The number of aliphatic imine (C=N–C) groups is 1. The number of nitrogens with one attached hydrogen (secondary N) is 2. The monoisotopic (exact) mass is 346 g/mol. The molecular formula is C20H34N4O. The molecule has 0 amide bonds. The van der Waals surface area contributed by atoms with Gasteiger partial charge in [0.1, 0.15) is 5.75 Å². The molecule has 1 aliphatic rings. The van der Waals surface area contributed by atoms with Crippen LogP contribution in [0.25, 0.3) is 0 Å². The highest BCUT2D eigenvalue weighted by Gasteiger charge is 2.16. The summed E-state index contributed by atoms with van der Waals surface area (Å²) in [7, 11) is 2.21. The molecule has 0 aromatic heterocycles. The van der Waals surface area contributed by atoms with Gasteiger partial charge in [0.15, 0.2) is 5.96 Å². The van der Waals surface area contributed by atoms with E-state index in [1.54, 1.807) is 0 Å². The second kappa shape index (κ2) is 11.7. The lowest BCUT2D eigenvalue weighted by molar-refractivity contribution is 0.213. The number of guanidine groups is 1. The summed E-state index contributed by atoms with van der Waals surface area (Å²) >= 11 is 0. The van der Waals surface area contributed by atoms with Crippen molar-refractivity contribution in [3.63, 3.8) is 0 Å². The van der Waals surface area contributed by atoms with E-state index < -0.39 is 0 Å². The van der Waals surface area contributed by atoms with Gasteiger partial charge in [-0.2, -0.15) is 0 Å². The van der Waals surface area contributed by atoms with Gasteiger partial charge in [-0.3, -0.25) is 4.99 Å². The molecule has 25 heavy (non-hydrogen) atoms. The first kappa shape index (κ1) is 19.6. The van der Waals surface area contributed by atoms with E-state index in [9.17, 15) is 0 Å². The standard InChI is InChI=1S/C20H34N4O/c1-3-21-20(23-14-10-18-11-15-24(2)16-12-18)22-13-7-17-25-19-8-5-4-6-9-19/h4-6,8-9,18H,3,7,10-17H2,1-2H3,(H2,21,22,23). The molecule has 1 aromatic carbocycles. The maximum atomic E-state index is 5.70. The van der Waals surface area contributed by atoms with Gasteiger partial charge in [-0.25, -0.2) is 0 Å². The highest BCUT2D eigenvalue weighted by atomic mass is 16.5. The van der Waals surface area contributed by atoms with Crippen LogP contribution in [0.4, 0.5) is 0 Å². The van der Waals surface area contributed by atoms with Crippen molar-refractivity contribution in [1.82, 2.24) is 15.5 Å². The number of para-hydroxylation sites is 1. The van der Waals surface area contributed by atoms with Crippen molar-refractivity contribution >= 4 is 5.96 Å². The van der Waals surface area contributed by atoms with E-state index in [-0.39, 0.29) is 0 Å². The third kappa shape index (κ3) is 8.25. The quantitative estimate of drug-likeness (QED) is 0.410. The number of benzene rings is 1. The highest BCUT2D eigenvalue weighted by Crippen LogP contribution is 2.18.